The van der Waals surface area contributed by atoms with Gasteiger partial charge in [-0.3, -0.25) is 0 Å². The number of aliphatic hydroxyl groups excluding tert-OH is 1. The second kappa shape index (κ2) is 5.73. The van der Waals surface area contributed by atoms with Crippen LogP contribution in [0.3, 0.4) is 0 Å². The molecule has 0 amide bonds. The summed E-state index contributed by atoms with van der Waals surface area (Å²) in [6, 6.07) is 3.61. The minimum atomic E-state index is -0.560. The summed E-state index contributed by atoms with van der Waals surface area (Å²) in [5.41, 5.74) is 0.313. The Kier molecular flexibility index (Phi) is 4.27. The van der Waals surface area contributed by atoms with Crippen LogP contribution in [0.15, 0.2) is 18.2 Å². The number of ether oxygens (including phenoxy) is 1. The third-order valence-corrected chi connectivity index (χ3v) is 3.24. The van der Waals surface area contributed by atoms with Crippen molar-refractivity contribution < 1.29 is 18.6 Å². The molecular formula is C13H17F2NO2. The monoisotopic (exact) mass is 257 g/mol. The summed E-state index contributed by atoms with van der Waals surface area (Å²) in [7, 11) is 0. The largest absolute Gasteiger partial charge is 0.396 e. The number of hydrogen-bond donors (Lipinski definition) is 2. The molecule has 0 unspecified atom stereocenters. The van der Waals surface area contributed by atoms with E-state index < -0.39 is 11.6 Å². The standard InChI is InChI=1S/C13H17F2NO2/c14-11-2-1-10(12(15)5-11)3-4-16-6-13(7-17)8-18-9-13/h1-2,5,16-17H,3-4,6-9H2. The smallest absolute Gasteiger partial charge is 0.129 e. The van der Waals surface area contributed by atoms with Gasteiger partial charge in [0.25, 0.3) is 0 Å². The average Bonchev–Trinajstić information content (AvgIpc) is 2.29. The van der Waals surface area contributed by atoms with E-state index in [1.807, 2.05) is 0 Å². The molecule has 0 bridgehead atoms. The van der Waals surface area contributed by atoms with E-state index >= 15 is 0 Å². The number of hydrogen-bond acceptors (Lipinski definition) is 3. The molecule has 1 aromatic carbocycles. The summed E-state index contributed by atoms with van der Waals surface area (Å²) in [5.74, 6) is -1.07. The fourth-order valence-corrected chi connectivity index (χ4v) is 1.94. The van der Waals surface area contributed by atoms with Gasteiger partial charge in [0, 0.05) is 12.6 Å². The van der Waals surface area contributed by atoms with Crippen LogP contribution >= 0.6 is 0 Å². The van der Waals surface area contributed by atoms with E-state index in [9.17, 15) is 13.9 Å². The molecular weight excluding hydrogens is 240 g/mol. The Morgan fingerprint density at radius 3 is 2.67 bits per heavy atom. The molecule has 0 aliphatic carbocycles. The maximum absolute atomic E-state index is 13.3. The van der Waals surface area contributed by atoms with Gasteiger partial charge in [0.05, 0.1) is 25.2 Å². The molecule has 100 valence electrons. The number of nitrogens with one attached hydrogen (secondary N) is 1. The normalized spacial score (nSPS) is 17.5. The van der Waals surface area contributed by atoms with Crippen LogP contribution in [0, 0.1) is 17.0 Å². The van der Waals surface area contributed by atoms with E-state index in [2.05, 4.69) is 5.32 Å². The highest BCUT2D eigenvalue weighted by molar-refractivity contribution is 5.18. The zero-order chi connectivity index (χ0) is 13.0. The Labute approximate surface area is 105 Å². The van der Waals surface area contributed by atoms with Crippen LogP contribution in [0.2, 0.25) is 0 Å². The van der Waals surface area contributed by atoms with E-state index in [-0.39, 0.29) is 12.0 Å². The van der Waals surface area contributed by atoms with Crippen molar-refractivity contribution in [3.05, 3.63) is 35.4 Å². The number of halogens is 2. The summed E-state index contributed by atoms with van der Waals surface area (Å²) in [6.45, 7) is 2.43. The van der Waals surface area contributed by atoms with Crippen LogP contribution in [0.4, 0.5) is 8.78 Å². The quantitative estimate of drug-likeness (QED) is 0.750. The average molecular weight is 257 g/mol. The van der Waals surface area contributed by atoms with Gasteiger partial charge >= 0.3 is 0 Å². The lowest BCUT2D eigenvalue weighted by Crippen LogP contribution is -2.52. The second-order valence-corrected chi connectivity index (χ2v) is 4.81. The minimum Gasteiger partial charge on any atom is -0.396 e. The number of aliphatic hydroxyl groups is 1. The number of rotatable bonds is 6. The Morgan fingerprint density at radius 1 is 1.33 bits per heavy atom. The van der Waals surface area contributed by atoms with Crippen LogP contribution in [-0.2, 0) is 11.2 Å². The van der Waals surface area contributed by atoms with E-state index in [0.29, 0.717) is 38.3 Å². The van der Waals surface area contributed by atoms with E-state index in [0.717, 1.165) is 6.07 Å². The van der Waals surface area contributed by atoms with Gasteiger partial charge in [-0.05, 0) is 24.6 Å². The van der Waals surface area contributed by atoms with Crippen molar-refractivity contribution in [2.45, 2.75) is 6.42 Å². The molecule has 1 aliphatic rings. The van der Waals surface area contributed by atoms with Crippen LogP contribution in [-0.4, -0.2) is 38.0 Å². The molecule has 1 heterocycles. The topological polar surface area (TPSA) is 41.5 Å². The van der Waals surface area contributed by atoms with Gasteiger partial charge in [0.15, 0.2) is 0 Å². The van der Waals surface area contributed by atoms with E-state index in [4.69, 9.17) is 4.74 Å². The zero-order valence-electron chi connectivity index (χ0n) is 10.1. The first-order valence-corrected chi connectivity index (χ1v) is 5.98. The lowest BCUT2D eigenvalue weighted by atomic mass is 9.87. The van der Waals surface area contributed by atoms with Crippen molar-refractivity contribution in [3.63, 3.8) is 0 Å². The van der Waals surface area contributed by atoms with Crippen molar-refractivity contribution in [1.82, 2.24) is 5.32 Å². The van der Waals surface area contributed by atoms with Gasteiger partial charge in [-0.2, -0.15) is 0 Å². The van der Waals surface area contributed by atoms with Crippen LogP contribution in [0.5, 0.6) is 0 Å². The molecule has 2 rings (SSSR count). The Morgan fingerprint density at radius 2 is 2.11 bits per heavy atom. The molecule has 0 saturated carbocycles. The third-order valence-electron chi connectivity index (χ3n) is 3.24. The predicted octanol–water partition coefficient (Wildman–Crippen LogP) is 1.11. The summed E-state index contributed by atoms with van der Waals surface area (Å²) in [6.07, 6.45) is 0.495. The van der Waals surface area contributed by atoms with E-state index in [1.54, 1.807) is 0 Å². The Balaban J connectivity index is 1.75. The highest BCUT2D eigenvalue weighted by atomic mass is 19.1. The summed E-state index contributed by atoms with van der Waals surface area (Å²) in [4.78, 5) is 0. The van der Waals surface area contributed by atoms with Crippen molar-refractivity contribution in [1.29, 1.82) is 0 Å². The van der Waals surface area contributed by atoms with Crippen molar-refractivity contribution in [2.24, 2.45) is 5.41 Å². The van der Waals surface area contributed by atoms with Crippen molar-refractivity contribution in [2.75, 3.05) is 32.9 Å². The first-order valence-electron chi connectivity index (χ1n) is 5.98. The van der Waals surface area contributed by atoms with Gasteiger partial charge in [-0.25, -0.2) is 8.78 Å². The van der Waals surface area contributed by atoms with Gasteiger partial charge in [0.1, 0.15) is 11.6 Å². The molecule has 3 nitrogen and oxygen atoms in total. The maximum Gasteiger partial charge on any atom is 0.129 e. The summed E-state index contributed by atoms with van der Waals surface area (Å²) in [5, 5.41) is 12.4. The maximum atomic E-state index is 13.3. The molecule has 0 spiro atoms. The molecule has 2 N–H and O–H groups in total. The Bertz CT molecular complexity index is 402. The third kappa shape index (κ3) is 3.04. The molecule has 18 heavy (non-hydrogen) atoms. The Hall–Kier alpha value is -1.04. The fourth-order valence-electron chi connectivity index (χ4n) is 1.94. The van der Waals surface area contributed by atoms with Crippen LogP contribution in [0.25, 0.3) is 0 Å². The predicted molar refractivity (Wildman–Crippen MR) is 63.3 cm³/mol. The molecule has 0 aromatic heterocycles. The van der Waals surface area contributed by atoms with Crippen LogP contribution in [0.1, 0.15) is 5.56 Å². The SMILES string of the molecule is OCC1(CNCCc2ccc(F)cc2F)COC1. The summed E-state index contributed by atoms with van der Waals surface area (Å²) >= 11 is 0. The molecule has 0 radical (unpaired) electrons. The molecule has 1 aliphatic heterocycles. The summed E-state index contributed by atoms with van der Waals surface area (Å²) < 4.78 is 31.1. The highest BCUT2D eigenvalue weighted by Gasteiger charge is 2.37. The first-order chi connectivity index (χ1) is 8.65. The van der Waals surface area contributed by atoms with Crippen LogP contribution < -0.4 is 5.32 Å². The highest BCUT2D eigenvalue weighted by Crippen LogP contribution is 2.25. The van der Waals surface area contributed by atoms with Gasteiger partial charge < -0.3 is 15.2 Å². The van der Waals surface area contributed by atoms with Gasteiger partial charge in [-0.15, -0.1) is 0 Å². The lowest BCUT2D eigenvalue weighted by molar-refractivity contribution is -0.134. The van der Waals surface area contributed by atoms with Crippen molar-refractivity contribution in [3.8, 4) is 0 Å². The molecule has 1 saturated heterocycles. The van der Waals surface area contributed by atoms with Gasteiger partial charge in [0.2, 0.25) is 0 Å². The van der Waals surface area contributed by atoms with Crippen molar-refractivity contribution >= 4 is 0 Å². The molecule has 5 heteroatoms. The fraction of sp³-hybridized carbons (Fsp3) is 0.538. The van der Waals surface area contributed by atoms with E-state index in [1.165, 1.54) is 12.1 Å². The second-order valence-electron chi connectivity index (χ2n) is 4.81. The first kappa shape index (κ1) is 13.4. The molecule has 1 aromatic rings. The lowest BCUT2D eigenvalue weighted by Gasteiger charge is -2.40. The molecule has 0 atom stereocenters. The molecule has 1 fully saturated rings. The van der Waals surface area contributed by atoms with Gasteiger partial charge in [-0.1, -0.05) is 6.07 Å². The minimum absolute atomic E-state index is 0.0882. The zero-order valence-corrected chi connectivity index (χ0v) is 10.1. The number of benzene rings is 1.